The van der Waals surface area contributed by atoms with E-state index in [1.165, 1.54) is 0 Å². The number of likely N-dealkylation sites (tertiary alicyclic amines) is 1. The molecule has 110 valence electrons. The molecule has 0 unspecified atom stereocenters. The minimum Gasteiger partial charge on any atom is -0.342 e. The van der Waals surface area contributed by atoms with Crippen molar-refractivity contribution in [3.8, 4) is 11.3 Å². The summed E-state index contributed by atoms with van der Waals surface area (Å²) in [6.45, 7) is 2.88. The normalized spacial score (nSPS) is 14.6. The number of amides is 1. The Labute approximate surface area is 128 Å². The van der Waals surface area contributed by atoms with Crippen molar-refractivity contribution in [2.75, 3.05) is 19.6 Å². The number of benzene rings is 1. The summed E-state index contributed by atoms with van der Waals surface area (Å²) in [7, 11) is 0. The van der Waals surface area contributed by atoms with E-state index in [2.05, 4.69) is 27.8 Å². The molecule has 0 radical (unpaired) electrons. The van der Waals surface area contributed by atoms with Gasteiger partial charge in [-0.1, -0.05) is 30.3 Å². The van der Waals surface area contributed by atoms with Crippen LogP contribution in [0.1, 0.15) is 17.8 Å². The fourth-order valence-electron chi connectivity index (χ4n) is 2.49. The van der Waals surface area contributed by atoms with E-state index in [-0.39, 0.29) is 5.91 Å². The Morgan fingerprint density at radius 1 is 1.24 bits per heavy atom. The number of nitrogens with zero attached hydrogens (tertiary/aromatic N) is 2. The SMILES string of the molecule is O=C(CNCc1nc(-c2ccccc2)cs1)N1CCCC1. The van der Waals surface area contributed by atoms with E-state index in [1.54, 1.807) is 11.3 Å². The Kier molecular flexibility index (Phi) is 4.62. The third-order valence-corrected chi connectivity index (χ3v) is 4.48. The maximum absolute atomic E-state index is 11.9. The summed E-state index contributed by atoms with van der Waals surface area (Å²) in [4.78, 5) is 18.4. The Bertz CT molecular complexity index is 591. The van der Waals surface area contributed by atoms with Crippen molar-refractivity contribution >= 4 is 17.2 Å². The number of hydrogen-bond acceptors (Lipinski definition) is 4. The molecule has 1 saturated heterocycles. The predicted octanol–water partition coefficient (Wildman–Crippen LogP) is 2.52. The largest absolute Gasteiger partial charge is 0.342 e. The van der Waals surface area contributed by atoms with Crippen LogP contribution in [0, 0.1) is 0 Å². The highest BCUT2D eigenvalue weighted by atomic mass is 32.1. The monoisotopic (exact) mass is 301 g/mol. The van der Waals surface area contributed by atoms with Gasteiger partial charge in [0.25, 0.3) is 0 Å². The molecule has 2 heterocycles. The quantitative estimate of drug-likeness (QED) is 0.923. The lowest BCUT2D eigenvalue weighted by atomic mass is 10.2. The summed E-state index contributed by atoms with van der Waals surface area (Å²) < 4.78 is 0. The summed E-state index contributed by atoms with van der Waals surface area (Å²) in [5.41, 5.74) is 2.14. The van der Waals surface area contributed by atoms with Gasteiger partial charge in [-0.05, 0) is 12.8 Å². The third kappa shape index (κ3) is 3.68. The Morgan fingerprint density at radius 2 is 2.00 bits per heavy atom. The maximum atomic E-state index is 11.9. The number of thiazole rings is 1. The second-order valence-corrected chi connectivity index (χ2v) is 6.13. The Morgan fingerprint density at radius 3 is 2.76 bits per heavy atom. The van der Waals surface area contributed by atoms with Gasteiger partial charge in [0.05, 0.1) is 12.2 Å². The van der Waals surface area contributed by atoms with Gasteiger partial charge in [0.15, 0.2) is 0 Å². The van der Waals surface area contributed by atoms with Gasteiger partial charge in [-0.2, -0.15) is 0 Å². The van der Waals surface area contributed by atoms with E-state index in [0.29, 0.717) is 13.1 Å². The van der Waals surface area contributed by atoms with Crippen LogP contribution in [0.15, 0.2) is 35.7 Å². The summed E-state index contributed by atoms with van der Waals surface area (Å²) >= 11 is 1.63. The zero-order valence-electron chi connectivity index (χ0n) is 11.9. The van der Waals surface area contributed by atoms with Crippen LogP contribution >= 0.6 is 11.3 Å². The molecule has 0 atom stereocenters. The van der Waals surface area contributed by atoms with Gasteiger partial charge in [0.1, 0.15) is 5.01 Å². The molecule has 1 aliphatic heterocycles. The van der Waals surface area contributed by atoms with Gasteiger partial charge in [0, 0.05) is 30.6 Å². The van der Waals surface area contributed by atoms with Crippen molar-refractivity contribution in [1.29, 1.82) is 0 Å². The molecule has 3 rings (SSSR count). The summed E-state index contributed by atoms with van der Waals surface area (Å²) in [6.07, 6.45) is 2.28. The lowest BCUT2D eigenvalue weighted by Crippen LogP contribution is -2.35. The van der Waals surface area contributed by atoms with Crippen LogP contribution in [-0.2, 0) is 11.3 Å². The van der Waals surface area contributed by atoms with Gasteiger partial charge in [-0.25, -0.2) is 4.98 Å². The zero-order valence-corrected chi connectivity index (χ0v) is 12.7. The van der Waals surface area contributed by atoms with E-state index >= 15 is 0 Å². The lowest BCUT2D eigenvalue weighted by Gasteiger charge is -2.14. The van der Waals surface area contributed by atoms with Crippen molar-refractivity contribution in [3.05, 3.63) is 40.7 Å². The molecule has 21 heavy (non-hydrogen) atoms. The highest BCUT2D eigenvalue weighted by Gasteiger charge is 2.17. The molecule has 1 aromatic carbocycles. The first-order valence-electron chi connectivity index (χ1n) is 7.31. The second-order valence-electron chi connectivity index (χ2n) is 5.18. The van der Waals surface area contributed by atoms with Crippen molar-refractivity contribution < 1.29 is 4.79 Å². The van der Waals surface area contributed by atoms with Crippen LogP contribution in [0.25, 0.3) is 11.3 Å². The summed E-state index contributed by atoms with van der Waals surface area (Å²) in [5, 5.41) is 6.28. The van der Waals surface area contributed by atoms with Gasteiger partial charge < -0.3 is 10.2 Å². The van der Waals surface area contributed by atoms with Crippen molar-refractivity contribution in [2.24, 2.45) is 0 Å². The van der Waals surface area contributed by atoms with E-state index < -0.39 is 0 Å². The van der Waals surface area contributed by atoms with Crippen LogP contribution in [0.4, 0.5) is 0 Å². The van der Waals surface area contributed by atoms with Crippen LogP contribution in [0.5, 0.6) is 0 Å². The molecule has 0 spiro atoms. The van der Waals surface area contributed by atoms with Crippen LogP contribution in [0.3, 0.4) is 0 Å². The van der Waals surface area contributed by atoms with Crippen LogP contribution in [-0.4, -0.2) is 35.4 Å². The first-order valence-corrected chi connectivity index (χ1v) is 8.19. The van der Waals surface area contributed by atoms with E-state index in [4.69, 9.17) is 0 Å². The Balaban J connectivity index is 1.50. The minimum absolute atomic E-state index is 0.201. The van der Waals surface area contributed by atoms with Crippen molar-refractivity contribution in [2.45, 2.75) is 19.4 Å². The van der Waals surface area contributed by atoms with Gasteiger partial charge in [-0.3, -0.25) is 4.79 Å². The molecule has 0 bridgehead atoms. The number of aromatic nitrogens is 1. The molecular formula is C16H19N3OS. The minimum atomic E-state index is 0.201. The molecule has 1 aromatic heterocycles. The third-order valence-electron chi connectivity index (χ3n) is 3.63. The fourth-order valence-corrected chi connectivity index (χ4v) is 3.26. The standard InChI is InChI=1S/C16H19N3OS/c20-16(19-8-4-5-9-19)11-17-10-15-18-14(12-21-15)13-6-2-1-3-7-13/h1-3,6-7,12,17H,4-5,8-11H2. The van der Waals surface area contributed by atoms with Gasteiger partial charge in [0.2, 0.25) is 5.91 Å². The van der Waals surface area contributed by atoms with Crippen LogP contribution in [0.2, 0.25) is 0 Å². The average Bonchev–Trinajstić information content (AvgIpc) is 3.20. The molecule has 1 amide bonds. The van der Waals surface area contributed by atoms with E-state index in [1.807, 2.05) is 23.1 Å². The van der Waals surface area contributed by atoms with Crippen molar-refractivity contribution in [3.63, 3.8) is 0 Å². The number of carbonyl (C=O) groups excluding carboxylic acids is 1. The number of hydrogen-bond donors (Lipinski definition) is 1. The molecule has 1 aliphatic rings. The number of rotatable bonds is 5. The smallest absolute Gasteiger partial charge is 0.236 e. The first kappa shape index (κ1) is 14.2. The average molecular weight is 301 g/mol. The van der Waals surface area contributed by atoms with Gasteiger partial charge in [-0.15, -0.1) is 11.3 Å². The molecule has 4 nitrogen and oxygen atoms in total. The maximum Gasteiger partial charge on any atom is 0.236 e. The van der Waals surface area contributed by atoms with E-state index in [9.17, 15) is 4.79 Å². The number of carbonyl (C=O) groups is 1. The van der Waals surface area contributed by atoms with Crippen LogP contribution < -0.4 is 5.32 Å². The van der Waals surface area contributed by atoms with E-state index in [0.717, 1.165) is 42.2 Å². The highest BCUT2D eigenvalue weighted by molar-refractivity contribution is 7.09. The predicted molar refractivity (Wildman–Crippen MR) is 85.1 cm³/mol. The van der Waals surface area contributed by atoms with Crippen molar-refractivity contribution in [1.82, 2.24) is 15.2 Å². The summed E-state index contributed by atoms with van der Waals surface area (Å²) in [6, 6.07) is 10.2. The molecule has 0 aliphatic carbocycles. The molecule has 5 heteroatoms. The second kappa shape index (κ2) is 6.83. The molecule has 1 N–H and O–H groups in total. The first-order chi connectivity index (χ1) is 10.3. The molecule has 1 fully saturated rings. The molecule has 0 saturated carbocycles. The number of nitrogens with one attached hydrogen (secondary N) is 1. The Hall–Kier alpha value is -1.72. The topological polar surface area (TPSA) is 45.2 Å². The molecular weight excluding hydrogens is 282 g/mol. The zero-order chi connectivity index (χ0) is 14.5. The fraction of sp³-hybridized carbons (Fsp3) is 0.375. The highest BCUT2D eigenvalue weighted by Crippen LogP contribution is 2.21. The summed E-state index contributed by atoms with van der Waals surface area (Å²) in [5.74, 6) is 0.201. The lowest BCUT2D eigenvalue weighted by molar-refractivity contribution is -0.129. The van der Waals surface area contributed by atoms with Gasteiger partial charge >= 0.3 is 0 Å². The molecule has 2 aromatic rings.